The molecule has 2 heterocycles. The largest absolute Gasteiger partial charge is 0.457 e. The number of likely N-dealkylation sites (tertiary alicyclic amines) is 1. The predicted octanol–water partition coefficient (Wildman–Crippen LogP) is 3.02. The molecule has 168 valence electrons. The zero-order valence-electron chi connectivity index (χ0n) is 18.1. The lowest BCUT2D eigenvalue weighted by molar-refractivity contribution is 0.0946. The van der Waals surface area contributed by atoms with Crippen LogP contribution in [0.2, 0.25) is 0 Å². The van der Waals surface area contributed by atoms with Crippen LogP contribution in [0.25, 0.3) is 0 Å². The molecule has 8 nitrogen and oxygen atoms in total. The molecule has 0 saturated carbocycles. The van der Waals surface area contributed by atoms with Gasteiger partial charge in [-0.05, 0) is 55.6 Å². The number of aliphatic hydroxyl groups excluding tert-OH is 1. The Morgan fingerprint density at radius 1 is 1.16 bits per heavy atom. The van der Waals surface area contributed by atoms with Crippen LogP contribution in [0.1, 0.15) is 41.4 Å². The van der Waals surface area contributed by atoms with Gasteiger partial charge in [-0.1, -0.05) is 35.5 Å². The van der Waals surface area contributed by atoms with Crippen LogP contribution in [0.3, 0.4) is 0 Å². The third-order valence-electron chi connectivity index (χ3n) is 5.50. The first-order chi connectivity index (χ1) is 15.7. The summed E-state index contributed by atoms with van der Waals surface area (Å²) in [5, 5.41) is 19.8. The third kappa shape index (κ3) is 5.93. The molecule has 0 aliphatic carbocycles. The van der Waals surface area contributed by atoms with Crippen LogP contribution in [-0.4, -0.2) is 57.1 Å². The summed E-state index contributed by atoms with van der Waals surface area (Å²) in [5.41, 5.74) is 1.51. The van der Waals surface area contributed by atoms with Gasteiger partial charge in [0.15, 0.2) is 5.69 Å². The molecule has 1 aliphatic rings. The molecule has 0 radical (unpaired) electrons. The number of para-hydroxylation sites is 1. The summed E-state index contributed by atoms with van der Waals surface area (Å²) in [6.45, 7) is 3.16. The second-order valence-electron chi connectivity index (χ2n) is 8.01. The van der Waals surface area contributed by atoms with E-state index in [2.05, 4.69) is 32.7 Å². The zero-order valence-corrected chi connectivity index (χ0v) is 18.1. The van der Waals surface area contributed by atoms with Crippen LogP contribution in [0.5, 0.6) is 11.5 Å². The fraction of sp³-hybridized carbons (Fsp3) is 0.375. The van der Waals surface area contributed by atoms with E-state index in [1.54, 1.807) is 6.20 Å². The van der Waals surface area contributed by atoms with Gasteiger partial charge in [0, 0.05) is 26.2 Å². The van der Waals surface area contributed by atoms with E-state index in [9.17, 15) is 4.79 Å². The molecule has 1 aromatic heterocycles. The van der Waals surface area contributed by atoms with Crippen LogP contribution in [0, 0.1) is 0 Å². The van der Waals surface area contributed by atoms with Crippen molar-refractivity contribution in [2.45, 2.75) is 31.8 Å². The number of rotatable bonds is 9. The fourth-order valence-corrected chi connectivity index (χ4v) is 3.91. The van der Waals surface area contributed by atoms with Gasteiger partial charge in [0.25, 0.3) is 5.91 Å². The Hall–Kier alpha value is -3.23. The van der Waals surface area contributed by atoms with Crippen molar-refractivity contribution in [2.75, 3.05) is 26.2 Å². The Morgan fingerprint density at radius 2 is 2.00 bits per heavy atom. The van der Waals surface area contributed by atoms with Gasteiger partial charge in [0.1, 0.15) is 11.5 Å². The highest BCUT2D eigenvalue weighted by atomic mass is 16.5. The third-order valence-corrected chi connectivity index (χ3v) is 5.50. The van der Waals surface area contributed by atoms with Gasteiger partial charge in [-0.15, -0.1) is 5.10 Å². The van der Waals surface area contributed by atoms with E-state index in [1.807, 2.05) is 47.1 Å². The number of hydrogen-bond donors (Lipinski definition) is 2. The summed E-state index contributed by atoms with van der Waals surface area (Å²) in [6.07, 6.45) is 4.30. The molecule has 1 amide bonds. The summed E-state index contributed by atoms with van der Waals surface area (Å²) >= 11 is 0. The standard InChI is InChI=1S/C24H29N5O3/c30-14-6-12-25-24(31)23-18-29(27-26-23)20-8-5-13-28(17-20)16-19-7-4-11-22(15-19)32-21-9-2-1-3-10-21/h1-4,7,9-11,15,18,20,30H,5-6,8,12-14,16-17H2,(H,25,31). The van der Waals surface area contributed by atoms with Crippen molar-refractivity contribution in [3.05, 3.63) is 72.1 Å². The van der Waals surface area contributed by atoms with E-state index in [-0.39, 0.29) is 18.6 Å². The first-order valence-corrected chi connectivity index (χ1v) is 11.1. The minimum Gasteiger partial charge on any atom is -0.457 e. The van der Waals surface area contributed by atoms with E-state index in [0.29, 0.717) is 18.7 Å². The number of aliphatic hydroxyl groups is 1. The SMILES string of the molecule is O=C(NCCCO)c1cn(C2CCCN(Cc3cccc(Oc4ccccc4)c3)C2)nn1. The molecule has 0 spiro atoms. The maximum Gasteiger partial charge on any atom is 0.273 e. The average Bonchev–Trinajstić information content (AvgIpc) is 3.31. The second kappa shape index (κ2) is 10.9. The highest BCUT2D eigenvalue weighted by Gasteiger charge is 2.23. The van der Waals surface area contributed by atoms with E-state index in [4.69, 9.17) is 9.84 Å². The Balaban J connectivity index is 1.35. The number of carbonyl (C=O) groups excluding carboxylic acids is 1. The monoisotopic (exact) mass is 435 g/mol. The fourth-order valence-electron chi connectivity index (χ4n) is 3.91. The Labute approximate surface area is 187 Å². The van der Waals surface area contributed by atoms with Gasteiger partial charge >= 0.3 is 0 Å². The smallest absolute Gasteiger partial charge is 0.273 e. The topological polar surface area (TPSA) is 92.5 Å². The normalized spacial score (nSPS) is 16.6. The van der Waals surface area contributed by atoms with Crippen molar-refractivity contribution < 1.29 is 14.6 Å². The molecular weight excluding hydrogens is 406 g/mol. The summed E-state index contributed by atoms with van der Waals surface area (Å²) < 4.78 is 7.77. The van der Waals surface area contributed by atoms with Gasteiger partial charge in [0.05, 0.1) is 12.2 Å². The maximum absolute atomic E-state index is 12.2. The van der Waals surface area contributed by atoms with Crippen molar-refractivity contribution in [3.8, 4) is 11.5 Å². The lowest BCUT2D eigenvalue weighted by Gasteiger charge is -2.32. The minimum absolute atomic E-state index is 0.0478. The molecule has 1 fully saturated rings. The second-order valence-corrected chi connectivity index (χ2v) is 8.01. The molecule has 1 unspecified atom stereocenters. The molecule has 8 heteroatoms. The van der Waals surface area contributed by atoms with E-state index in [0.717, 1.165) is 44.0 Å². The van der Waals surface area contributed by atoms with Gasteiger partial charge in [-0.2, -0.15) is 0 Å². The van der Waals surface area contributed by atoms with Crippen LogP contribution in [-0.2, 0) is 6.54 Å². The Bertz CT molecular complexity index is 1010. The zero-order chi connectivity index (χ0) is 22.2. The molecule has 1 aliphatic heterocycles. The Morgan fingerprint density at radius 3 is 2.84 bits per heavy atom. The van der Waals surface area contributed by atoms with Crippen LogP contribution in [0.15, 0.2) is 60.8 Å². The number of nitrogens with one attached hydrogen (secondary N) is 1. The van der Waals surface area contributed by atoms with Crippen LogP contribution in [0.4, 0.5) is 0 Å². The van der Waals surface area contributed by atoms with E-state index >= 15 is 0 Å². The van der Waals surface area contributed by atoms with Gasteiger partial charge in [-0.25, -0.2) is 4.68 Å². The first-order valence-electron chi connectivity index (χ1n) is 11.1. The van der Waals surface area contributed by atoms with Crippen LogP contribution < -0.4 is 10.1 Å². The minimum atomic E-state index is -0.257. The number of ether oxygens (including phenoxy) is 1. The van der Waals surface area contributed by atoms with Crippen LogP contribution >= 0.6 is 0 Å². The van der Waals surface area contributed by atoms with Crippen molar-refractivity contribution in [2.24, 2.45) is 0 Å². The van der Waals surface area contributed by atoms with Crippen molar-refractivity contribution in [1.82, 2.24) is 25.2 Å². The number of amides is 1. The molecule has 1 saturated heterocycles. The van der Waals surface area contributed by atoms with Crippen molar-refractivity contribution >= 4 is 5.91 Å². The molecule has 1 atom stereocenters. The molecule has 2 N–H and O–H groups in total. The highest BCUT2D eigenvalue weighted by Crippen LogP contribution is 2.25. The summed E-state index contributed by atoms with van der Waals surface area (Å²) in [6, 6.07) is 18.2. The van der Waals surface area contributed by atoms with Gasteiger partial charge in [-0.3, -0.25) is 9.69 Å². The molecule has 4 rings (SSSR count). The predicted molar refractivity (Wildman–Crippen MR) is 121 cm³/mol. The number of nitrogens with zero attached hydrogens (tertiary/aromatic N) is 4. The number of carbonyl (C=O) groups is 1. The maximum atomic E-state index is 12.2. The van der Waals surface area contributed by atoms with Gasteiger partial charge in [0.2, 0.25) is 0 Å². The molecule has 3 aromatic rings. The van der Waals surface area contributed by atoms with Crippen molar-refractivity contribution in [3.63, 3.8) is 0 Å². The Kier molecular flexibility index (Phi) is 7.47. The highest BCUT2D eigenvalue weighted by molar-refractivity contribution is 5.91. The summed E-state index contributed by atoms with van der Waals surface area (Å²) in [4.78, 5) is 14.6. The van der Waals surface area contributed by atoms with E-state index in [1.165, 1.54) is 5.56 Å². The van der Waals surface area contributed by atoms with Crippen molar-refractivity contribution in [1.29, 1.82) is 0 Å². The lowest BCUT2D eigenvalue weighted by Crippen LogP contribution is -2.36. The summed E-state index contributed by atoms with van der Waals surface area (Å²) in [7, 11) is 0. The molecule has 2 aromatic carbocycles. The van der Waals surface area contributed by atoms with E-state index < -0.39 is 0 Å². The molecule has 0 bridgehead atoms. The van der Waals surface area contributed by atoms with Gasteiger partial charge < -0.3 is 15.2 Å². The first kappa shape index (κ1) is 22.0. The number of hydrogen-bond acceptors (Lipinski definition) is 6. The lowest BCUT2D eigenvalue weighted by atomic mass is 10.0. The average molecular weight is 436 g/mol. The number of aromatic nitrogens is 3. The summed E-state index contributed by atoms with van der Waals surface area (Å²) in [5.74, 6) is 1.40. The quantitative estimate of drug-likeness (QED) is 0.502. The molecule has 32 heavy (non-hydrogen) atoms. The molecular formula is C24H29N5O3. The number of benzene rings is 2. The number of piperidine rings is 1.